The Bertz CT molecular complexity index is 398. The summed E-state index contributed by atoms with van der Waals surface area (Å²) in [5, 5.41) is 2.89. The van der Waals surface area contributed by atoms with Gasteiger partial charge in [-0.3, -0.25) is 4.79 Å². The smallest absolute Gasteiger partial charge is 0.224 e. The summed E-state index contributed by atoms with van der Waals surface area (Å²) in [6.07, 6.45) is 2.49. The Morgan fingerprint density at radius 1 is 1.35 bits per heavy atom. The van der Waals surface area contributed by atoms with Crippen molar-refractivity contribution in [2.75, 3.05) is 13.1 Å². The zero-order valence-corrected chi connectivity index (χ0v) is 9.71. The van der Waals surface area contributed by atoms with Crippen molar-refractivity contribution in [1.82, 2.24) is 5.32 Å². The van der Waals surface area contributed by atoms with Crippen molar-refractivity contribution in [2.45, 2.75) is 19.3 Å². The van der Waals surface area contributed by atoms with E-state index in [0.29, 0.717) is 19.5 Å². The fourth-order valence-corrected chi connectivity index (χ4v) is 1.77. The van der Waals surface area contributed by atoms with E-state index in [4.69, 9.17) is 5.73 Å². The highest BCUT2D eigenvalue weighted by atomic mass is 19.1. The molecule has 0 saturated heterocycles. The molecule has 92 valence electrons. The minimum atomic E-state index is -0.283. The first-order chi connectivity index (χ1) is 8.13. The minimum absolute atomic E-state index is 0.0312. The molecule has 1 fully saturated rings. The predicted molar refractivity (Wildman–Crippen MR) is 63.8 cm³/mol. The second-order valence-corrected chi connectivity index (χ2v) is 4.78. The van der Waals surface area contributed by atoms with Crippen molar-refractivity contribution in [2.24, 2.45) is 11.1 Å². The lowest BCUT2D eigenvalue weighted by Crippen LogP contribution is -2.34. The maximum Gasteiger partial charge on any atom is 0.224 e. The predicted octanol–water partition coefficient (Wildman–Crippen LogP) is 1.22. The SMILES string of the molecule is NCC1(CNC(=O)Cc2ccc(F)cc2)CC1. The van der Waals surface area contributed by atoms with Gasteiger partial charge in [0.25, 0.3) is 0 Å². The summed E-state index contributed by atoms with van der Waals surface area (Å²) in [4.78, 5) is 11.6. The number of amides is 1. The average Bonchev–Trinajstić information content (AvgIpc) is 3.10. The molecule has 1 aromatic rings. The molecule has 3 nitrogen and oxygen atoms in total. The molecule has 1 saturated carbocycles. The Hall–Kier alpha value is -1.42. The lowest BCUT2D eigenvalue weighted by Gasteiger charge is -2.13. The maximum absolute atomic E-state index is 12.7. The molecule has 0 radical (unpaired) electrons. The standard InChI is InChI=1S/C13H17FN2O/c14-11-3-1-10(2-4-11)7-12(17)16-9-13(8-15)5-6-13/h1-4H,5-9,15H2,(H,16,17). The van der Waals surface area contributed by atoms with Crippen LogP contribution < -0.4 is 11.1 Å². The summed E-state index contributed by atoms with van der Waals surface area (Å²) >= 11 is 0. The zero-order valence-electron chi connectivity index (χ0n) is 9.71. The molecule has 2 rings (SSSR count). The number of benzene rings is 1. The van der Waals surface area contributed by atoms with Gasteiger partial charge in [-0.15, -0.1) is 0 Å². The number of halogens is 1. The molecule has 1 aromatic carbocycles. The van der Waals surface area contributed by atoms with Crippen LogP contribution in [0.25, 0.3) is 0 Å². The van der Waals surface area contributed by atoms with Crippen LogP contribution in [-0.2, 0) is 11.2 Å². The third-order valence-corrected chi connectivity index (χ3v) is 3.33. The average molecular weight is 236 g/mol. The van der Waals surface area contributed by atoms with Crippen molar-refractivity contribution < 1.29 is 9.18 Å². The van der Waals surface area contributed by atoms with E-state index in [1.165, 1.54) is 12.1 Å². The van der Waals surface area contributed by atoms with Gasteiger partial charge in [0.15, 0.2) is 0 Å². The van der Waals surface area contributed by atoms with E-state index in [0.717, 1.165) is 18.4 Å². The van der Waals surface area contributed by atoms with Gasteiger partial charge in [-0.05, 0) is 42.5 Å². The van der Waals surface area contributed by atoms with E-state index < -0.39 is 0 Å². The number of carbonyl (C=O) groups excluding carboxylic acids is 1. The highest BCUT2D eigenvalue weighted by Gasteiger charge is 2.41. The molecule has 0 unspecified atom stereocenters. The monoisotopic (exact) mass is 236 g/mol. The summed E-state index contributed by atoms with van der Waals surface area (Å²) in [6.45, 7) is 1.29. The van der Waals surface area contributed by atoms with Gasteiger partial charge in [0.1, 0.15) is 5.82 Å². The van der Waals surface area contributed by atoms with E-state index in [-0.39, 0.29) is 17.1 Å². The summed E-state index contributed by atoms with van der Waals surface area (Å²) in [5.74, 6) is -0.314. The van der Waals surface area contributed by atoms with Crippen LogP contribution in [0.5, 0.6) is 0 Å². The van der Waals surface area contributed by atoms with Gasteiger partial charge in [-0.2, -0.15) is 0 Å². The molecular weight excluding hydrogens is 219 g/mol. The van der Waals surface area contributed by atoms with Crippen molar-refractivity contribution in [3.63, 3.8) is 0 Å². The first kappa shape index (κ1) is 12.0. The molecule has 0 aromatic heterocycles. The number of rotatable bonds is 5. The highest BCUT2D eigenvalue weighted by molar-refractivity contribution is 5.78. The molecule has 0 bridgehead atoms. The topological polar surface area (TPSA) is 55.1 Å². The van der Waals surface area contributed by atoms with E-state index in [1.54, 1.807) is 12.1 Å². The van der Waals surface area contributed by atoms with Crippen LogP contribution in [-0.4, -0.2) is 19.0 Å². The van der Waals surface area contributed by atoms with Gasteiger partial charge in [0, 0.05) is 6.54 Å². The lowest BCUT2D eigenvalue weighted by atomic mass is 10.1. The van der Waals surface area contributed by atoms with Crippen LogP contribution in [0.2, 0.25) is 0 Å². The van der Waals surface area contributed by atoms with Gasteiger partial charge in [-0.1, -0.05) is 12.1 Å². The third kappa shape index (κ3) is 3.27. The fourth-order valence-electron chi connectivity index (χ4n) is 1.77. The van der Waals surface area contributed by atoms with E-state index in [2.05, 4.69) is 5.32 Å². The van der Waals surface area contributed by atoms with Crippen molar-refractivity contribution in [1.29, 1.82) is 0 Å². The minimum Gasteiger partial charge on any atom is -0.355 e. The van der Waals surface area contributed by atoms with Crippen LogP contribution >= 0.6 is 0 Å². The van der Waals surface area contributed by atoms with E-state index in [1.807, 2.05) is 0 Å². The second kappa shape index (κ2) is 4.84. The Labute approximate surface area is 100 Å². The summed E-state index contributed by atoms with van der Waals surface area (Å²) in [7, 11) is 0. The van der Waals surface area contributed by atoms with E-state index >= 15 is 0 Å². The van der Waals surface area contributed by atoms with E-state index in [9.17, 15) is 9.18 Å². The molecule has 0 atom stereocenters. The maximum atomic E-state index is 12.7. The largest absolute Gasteiger partial charge is 0.355 e. The molecule has 0 heterocycles. The van der Waals surface area contributed by atoms with Crippen molar-refractivity contribution >= 4 is 5.91 Å². The normalized spacial score (nSPS) is 16.6. The fraction of sp³-hybridized carbons (Fsp3) is 0.462. The molecule has 4 heteroatoms. The molecular formula is C13H17FN2O. The molecule has 1 amide bonds. The van der Waals surface area contributed by atoms with Crippen LogP contribution in [0, 0.1) is 11.2 Å². The lowest BCUT2D eigenvalue weighted by molar-refractivity contribution is -0.120. The van der Waals surface area contributed by atoms with Gasteiger partial charge in [0.05, 0.1) is 6.42 Å². The van der Waals surface area contributed by atoms with Gasteiger partial charge < -0.3 is 11.1 Å². The molecule has 1 aliphatic rings. The molecule has 17 heavy (non-hydrogen) atoms. The Kier molecular flexibility index (Phi) is 3.43. The first-order valence-corrected chi connectivity index (χ1v) is 5.85. The van der Waals surface area contributed by atoms with Gasteiger partial charge in [0.2, 0.25) is 5.91 Å². The Balaban J connectivity index is 1.79. The quantitative estimate of drug-likeness (QED) is 0.807. The van der Waals surface area contributed by atoms with Crippen LogP contribution in [0.3, 0.4) is 0 Å². The number of hydrogen-bond donors (Lipinski definition) is 2. The van der Waals surface area contributed by atoms with Crippen LogP contribution in [0.15, 0.2) is 24.3 Å². The van der Waals surface area contributed by atoms with Crippen molar-refractivity contribution in [3.8, 4) is 0 Å². The second-order valence-electron chi connectivity index (χ2n) is 4.78. The molecule has 0 aliphatic heterocycles. The van der Waals surface area contributed by atoms with Crippen molar-refractivity contribution in [3.05, 3.63) is 35.6 Å². The van der Waals surface area contributed by atoms with Gasteiger partial charge >= 0.3 is 0 Å². The molecule has 0 spiro atoms. The number of carbonyl (C=O) groups is 1. The van der Waals surface area contributed by atoms with Crippen LogP contribution in [0.1, 0.15) is 18.4 Å². The number of nitrogens with two attached hydrogens (primary N) is 1. The Morgan fingerprint density at radius 3 is 2.53 bits per heavy atom. The van der Waals surface area contributed by atoms with Crippen LogP contribution in [0.4, 0.5) is 4.39 Å². The van der Waals surface area contributed by atoms with Gasteiger partial charge in [-0.25, -0.2) is 4.39 Å². The molecule has 3 N–H and O–H groups in total. The Morgan fingerprint density at radius 2 is 2.00 bits per heavy atom. The first-order valence-electron chi connectivity index (χ1n) is 5.85. The molecule has 1 aliphatic carbocycles. The third-order valence-electron chi connectivity index (χ3n) is 3.33. The zero-order chi connectivity index (χ0) is 12.3. The summed E-state index contributed by atoms with van der Waals surface area (Å²) in [6, 6.07) is 5.99. The highest BCUT2D eigenvalue weighted by Crippen LogP contribution is 2.43. The number of nitrogens with one attached hydrogen (secondary N) is 1. The number of hydrogen-bond acceptors (Lipinski definition) is 2. The summed E-state index contributed by atoms with van der Waals surface area (Å²) < 4.78 is 12.7. The summed E-state index contributed by atoms with van der Waals surface area (Å²) in [5.41, 5.74) is 6.60.